The molecule has 0 aliphatic carbocycles. The molecule has 0 amide bonds. The summed E-state index contributed by atoms with van der Waals surface area (Å²) >= 11 is 1.72. The van der Waals surface area contributed by atoms with Crippen molar-refractivity contribution in [2.75, 3.05) is 14.2 Å². The van der Waals surface area contributed by atoms with E-state index in [1.165, 1.54) is 0 Å². The van der Waals surface area contributed by atoms with Gasteiger partial charge in [-0.15, -0.1) is 11.3 Å². The molecule has 4 rings (SSSR count). The number of nitrogens with zero attached hydrogens (tertiary/aromatic N) is 2. The lowest BCUT2D eigenvalue weighted by Crippen LogP contribution is -1.96. The van der Waals surface area contributed by atoms with Crippen molar-refractivity contribution in [1.29, 1.82) is 0 Å². The van der Waals surface area contributed by atoms with Crippen LogP contribution < -0.4 is 9.47 Å². The first-order chi connectivity index (χ1) is 14.2. The third kappa shape index (κ3) is 3.91. The highest BCUT2D eigenvalue weighted by atomic mass is 32.1. The van der Waals surface area contributed by atoms with E-state index in [0.29, 0.717) is 0 Å². The molecular weight excluding hydrogens is 380 g/mol. The molecule has 0 spiro atoms. The zero-order chi connectivity index (χ0) is 20.2. The smallest absolute Gasteiger partial charge is 0.141 e. The number of rotatable bonds is 7. The van der Waals surface area contributed by atoms with Crippen molar-refractivity contribution in [2.24, 2.45) is 0 Å². The van der Waals surface area contributed by atoms with E-state index >= 15 is 0 Å². The fourth-order valence-electron chi connectivity index (χ4n) is 3.36. The lowest BCUT2D eigenvalue weighted by molar-refractivity contribution is 0.414. The van der Waals surface area contributed by atoms with Gasteiger partial charge in [0.25, 0.3) is 0 Å². The first-order valence-electron chi connectivity index (χ1n) is 9.68. The largest absolute Gasteiger partial charge is 0.497 e. The Morgan fingerprint density at radius 2 is 1.48 bits per heavy atom. The van der Waals surface area contributed by atoms with Crippen LogP contribution in [0.5, 0.6) is 11.5 Å². The van der Waals surface area contributed by atoms with Gasteiger partial charge in [-0.2, -0.15) is 0 Å². The topological polar surface area (TPSA) is 36.3 Å². The minimum absolute atomic E-state index is 0.840. The summed E-state index contributed by atoms with van der Waals surface area (Å²) < 4.78 is 12.9. The number of hydrogen-bond acceptors (Lipinski definition) is 4. The van der Waals surface area contributed by atoms with E-state index in [1.807, 2.05) is 24.3 Å². The molecule has 0 fully saturated rings. The van der Waals surface area contributed by atoms with E-state index in [4.69, 9.17) is 14.5 Å². The molecule has 0 N–H and O–H groups in total. The summed E-state index contributed by atoms with van der Waals surface area (Å²) in [6, 6.07) is 20.5. The van der Waals surface area contributed by atoms with Crippen LogP contribution in [0.15, 0.2) is 66.9 Å². The van der Waals surface area contributed by atoms with Gasteiger partial charge in [-0.05, 0) is 72.6 Å². The van der Waals surface area contributed by atoms with Crippen molar-refractivity contribution < 1.29 is 9.47 Å². The Hall–Kier alpha value is -3.05. The molecule has 0 aliphatic heterocycles. The summed E-state index contributed by atoms with van der Waals surface area (Å²) in [5, 5.41) is 1.03. The van der Waals surface area contributed by atoms with Crippen molar-refractivity contribution in [3.8, 4) is 43.9 Å². The van der Waals surface area contributed by atoms with Crippen LogP contribution in [0.25, 0.3) is 32.4 Å². The highest BCUT2D eigenvalue weighted by Gasteiger charge is 2.18. The van der Waals surface area contributed by atoms with Crippen LogP contribution >= 0.6 is 11.3 Å². The maximum Gasteiger partial charge on any atom is 0.141 e. The lowest BCUT2D eigenvalue weighted by Gasteiger charge is -2.05. The minimum Gasteiger partial charge on any atom is -0.497 e. The first-order valence-corrected chi connectivity index (χ1v) is 10.5. The fourth-order valence-corrected chi connectivity index (χ4v) is 4.49. The molecule has 0 saturated carbocycles. The van der Waals surface area contributed by atoms with Crippen LogP contribution in [0.4, 0.5) is 0 Å². The molecule has 2 aromatic heterocycles. The zero-order valence-corrected chi connectivity index (χ0v) is 17.7. The predicted molar refractivity (Wildman–Crippen MR) is 120 cm³/mol. The standard InChI is InChI=1S/C24H24N2O2S/c1-4-15-26-16-5-6-21(26)24-25-22(17-7-11-19(27-2)12-8-17)23(29-24)18-9-13-20(28-3)14-10-18/h5-14,16H,4,15H2,1-3H3. The van der Waals surface area contributed by atoms with Gasteiger partial charge < -0.3 is 14.0 Å². The molecule has 0 atom stereocenters. The van der Waals surface area contributed by atoms with Crippen LogP contribution in [0.1, 0.15) is 13.3 Å². The summed E-state index contributed by atoms with van der Waals surface area (Å²) in [7, 11) is 3.37. The van der Waals surface area contributed by atoms with Crippen molar-refractivity contribution >= 4 is 11.3 Å². The van der Waals surface area contributed by atoms with E-state index < -0.39 is 0 Å². The number of ether oxygens (including phenoxy) is 2. The van der Waals surface area contributed by atoms with Crippen LogP contribution in [0.2, 0.25) is 0 Å². The van der Waals surface area contributed by atoms with Crippen molar-refractivity contribution in [3.05, 3.63) is 66.9 Å². The molecule has 2 heterocycles. The predicted octanol–water partition coefficient (Wildman–Crippen LogP) is 6.37. The van der Waals surface area contributed by atoms with E-state index in [9.17, 15) is 0 Å². The molecule has 0 aliphatic rings. The van der Waals surface area contributed by atoms with Crippen molar-refractivity contribution in [3.63, 3.8) is 0 Å². The molecule has 29 heavy (non-hydrogen) atoms. The van der Waals surface area contributed by atoms with Crippen LogP contribution in [0, 0.1) is 0 Å². The first kappa shape index (κ1) is 19.3. The Kier molecular flexibility index (Phi) is 5.67. The molecule has 4 aromatic rings. The van der Waals surface area contributed by atoms with Crippen molar-refractivity contribution in [2.45, 2.75) is 19.9 Å². The molecule has 0 unspecified atom stereocenters. The van der Waals surface area contributed by atoms with E-state index in [0.717, 1.165) is 56.9 Å². The number of methoxy groups -OCH3 is 2. The number of aromatic nitrogens is 2. The highest BCUT2D eigenvalue weighted by Crippen LogP contribution is 2.41. The van der Waals surface area contributed by atoms with Crippen LogP contribution in [-0.4, -0.2) is 23.8 Å². The Balaban J connectivity index is 1.84. The second-order valence-corrected chi connectivity index (χ2v) is 7.74. The zero-order valence-electron chi connectivity index (χ0n) is 16.9. The van der Waals surface area contributed by atoms with Gasteiger partial charge in [-0.3, -0.25) is 0 Å². The second-order valence-electron chi connectivity index (χ2n) is 6.74. The minimum atomic E-state index is 0.840. The third-order valence-corrected chi connectivity index (χ3v) is 5.98. The Labute approximate surface area is 175 Å². The van der Waals surface area contributed by atoms with Gasteiger partial charge in [0.15, 0.2) is 0 Å². The number of aryl methyl sites for hydroxylation is 1. The highest BCUT2D eigenvalue weighted by molar-refractivity contribution is 7.18. The maximum absolute atomic E-state index is 5.32. The summed E-state index contributed by atoms with van der Waals surface area (Å²) in [6.07, 6.45) is 3.21. The maximum atomic E-state index is 5.32. The van der Waals surface area contributed by atoms with Gasteiger partial charge in [-0.1, -0.05) is 6.92 Å². The van der Waals surface area contributed by atoms with Gasteiger partial charge in [0.1, 0.15) is 16.5 Å². The summed E-state index contributed by atoms with van der Waals surface area (Å²) in [4.78, 5) is 6.22. The van der Waals surface area contributed by atoms with Crippen molar-refractivity contribution in [1.82, 2.24) is 9.55 Å². The fraction of sp³-hybridized carbons (Fsp3) is 0.208. The average Bonchev–Trinajstić information content (AvgIpc) is 3.41. The molecule has 0 saturated heterocycles. The molecule has 5 heteroatoms. The summed E-state index contributed by atoms with van der Waals surface area (Å²) in [5.41, 5.74) is 4.36. The van der Waals surface area contributed by atoms with Gasteiger partial charge >= 0.3 is 0 Å². The van der Waals surface area contributed by atoms with E-state index in [2.05, 4.69) is 54.1 Å². The van der Waals surface area contributed by atoms with E-state index in [-0.39, 0.29) is 0 Å². The van der Waals surface area contributed by atoms with E-state index in [1.54, 1.807) is 25.6 Å². The Morgan fingerprint density at radius 1 is 0.862 bits per heavy atom. The molecular formula is C24H24N2O2S. The molecule has 148 valence electrons. The molecule has 0 bridgehead atoms. The number of benzene rings is 2. The Morgan fingerprint density at radius 3 is 2.07 bits per heavy atom. The van der Waals surface area contributed by atoms with Crippen LogP contribution in [-0.2, 0) is 6.54 Å². The number of hydrogen-bond donors (Lipinski definition) is 0. The van der Waals surface area contributed by atoms with Gasteiger partial charge in [-0.25, -0.2) is 4.98 Å². The Bertz CT molecular complexity index is 1010. The quantitative estimate of drug-likeness (QED) is 0.359. The number of thiazole rings is 1. The van der Waals surface area contributed by atoms with Gasteiger partial charge in [0.05, 0.1) is 30.5 Å². The monoisotopic (exact) mass is 404 g/mol. The van der Waals surface area contributed by atoms with Crippen LogP contribution in [0.3, 0.4) is 0 Å². The van der Waals surface area contributed by atoms with Gasteiger partial charge in [0.2, 0.25) is 0 Å². The second kappa shape index (κ2) is 8.53. The molecule has 2 aromatic carbocycles. The summed E-state index contributed by atoms with van der Waals surface area (Å²) in [6.45, 7) is 3.18. The normalized spacial score (nSPS) is 10.9. The summed E-state index contributed by atoms with van der Waals surface area (Å²) in [5.74, 6) is 1.69. The SMILES string of the molecule is CCCn1cccc1-c1nc(-c2ccc(OC)cc2)c(-c2ccc(OC)cc2)s1. The molecule has 0 radical (unpaired) electrons. The average molecular weight is 405 g/mol. The molecule has 4 nitrogen and oxygen atoms in total. The third-order valence-electron chi connectivity index (χ3n) is 4.86. The lowest BCUT2D eigenvalue weighted by atomic mass is 10.1. The van der Waals surface area contributed by atoms with Gasteiger partial charge in [0, 0.05) is 18.3 Å².